The first-order valence-corrected chi connectivity index (χ1v) is 23.2. The maximum Gasteiger partial charge on any atom is 0.0462 e. The van der Waals surface area contributed by atoms with Gasteiger partial charge in [-0.25, -0.2) is 0 Å². The van der Waals surface area contributed by atoms with E-state index >= 15 is 0 Å². The zero-order valence-electron chi connectivity index (χ0n) is 36.8. The molecule has 0 fully saturated rings. The van der Waals surface area contributed by atoms with Crippen LogP contribution in [0.3, 0.4) is 0 Å². The molecule has 0 aliphatic rings. The summed E-state index contributed by atoms with van der Waals surface area (Å²) in [5, 5.41) is 14.9. The largest absolute Gasteiger partial charge is 0.311 e. The average molecular weight is 850 g/mol. The smallest absolute Gasteiger partial charge is 0.0462 e. The number of anilines is 3. The second kappa shape index (κ2) is 16.0. The molecule has 0 unspecified atom stereocenters. The van der Waals surface area contributed by atoms with Crippen molar-refractivity contribution in [3.63, 3.8) is 0 Å². The fourth-order valence-corrected chi connectivity index (χ4v) is 10.8. The Labute approximate surface area is 390 Å². The molecule has 67 heavy (non-hydrogen) atoms. The van der Waals surface area contributed by atoms with Gasteiger partial charge in [0, 0.05) is 17.1 Å². The van der Waals surface area contributed by atoms with E-state index in [0.29, 0.717) is 0 Å². The number of hydrogen-bond acceptors (Lipinski definition) is 1. The Morgan fingerprint density at radius 1 is 0.179 bits per heavy atom. The van der Waals surface area contributed by atoms with Crippen molar-refractivity contribution in [2.75, 3.05) is 4.90 Å². The fraction of sp³-hybridized carbons (Fsp3) is 0. The van der Waals surface area contributed by atoms with Crippen LogP contribution in [0.5, 0.6) is 0 Å². The molecule has 13 aromatic rings. The second-order valence-corrected chi connectivity index (χ2v) is 17.6. The lowest BCUT2D eigenvalue weighted by Crippen LogP contribution is -2.09. The first-order chi connectivity index (χ1) is 33.2. The van der Waals surface area contributed by atoms with E-state index < -0.39 is 0 Å². The molecular formula is C66H43N. The lowest BCUT2D eigenvalue weighted by Gasteiger charge is -2.26. The van der Waals surface area contributed by atoms with Gasteiger partial charge in [-0.1, -0.05) is 206 Å². The van der Waals surface area contributed by atoms with Crippen LogP contribution in [-0.2, 0) is 0 Å². The van der Waals surface area contributed by atoms with Crippen molar-refractivity contribution in [1.82, 2.24) is 0 Å². The van der Waals surface area contributed by atoms with Crippen LogP contribution in [-0.4, -0.2) is 0 Å². The van der Waals surface area contributed by atoms with Gasteiger partial charge < -0.3 is 4.90 Å². The average Bonchev–Trinajstić information content (AvgIpc) is 3.40. The van der Waals surface area contributed by atoms with E-state index in [1.807, 2.05) is 0 Å². The van der Waals surface area contributed by atoms with Crippen LogP contribution in [0.25, 0.3) is 109 Å². The van der Waals surface area contributed by atoms with Gasteiger partial charge >= 0.3 is 0 Å². The van der Waals surface area contributed by atoms with Gasteiger partial charge in [0.2, 0.25) is 0 Å². The molecule has 0 bridgehead atoms. The molecule has 0 N–H and O–H groups in total. The number of nitrogens with zero attached hydrogens (tertiary/aromatic N) is 1. The number of rotatable bonds is 7. The summed E-state index contributed by atoms with van der Waals surface area (Å²) < 4.78 is 0. The molecule has 0 aliphatic carbocycles. The summed E-state index contributed by atoms with van der Waals surface area (Å²) in [7, 11) is 0. The fourth-order valence-electron chi connectivity index (χ4n) is 10.8. The summed E-state index contributed by atoms with van der Waals surface area (Å²) >= 11 is 0. The van der Waals surface area contributed by atoms with Gasteiger partial charge in [-0.2, -0.15) is 0 Å². The number of para-hydroxylation sites is 2. The maximum atomic E-state index is 2.49. The highest BCUT2D eigenvalue weighted by Crippen LogP contribution is 2.49. The third-order valence-corrected chi connectivity index (χ3v) is 13.8. The monoisotopic (exact) mass is 849 g/mol. The SMILES string of the molecule is c1ccc(N(c2ccccc2)c2ccc(-c3c4ccccc4c(-c4ccc5c(-c6ccc7ccccc7c6)c6ccccc6c(-c6ccc7ccccc7c6)c5c4)c4ccccc34)cc2)cc1. The highest BCUT2D eigenvalue weighted by atomic mass is 15.1. The van der Waals surface area contributed by atoms with E-state index in [1.54, 1.807) is 0 Å². The lowest BCUT2D eigenvalue weighted by atomic mass is 9.82. The summed E-state index contributed by atoms with van der Waals surface area (Å²) in [6, 6.07) is 95.9. The van der Waals surface area contributed by atoms with E-state index in [1.165, 1.54) is 109 Å². The normalized spacial score (nSPS) is 11.6. The van der Waals surface area contributed by atoms with Gasteiger partial charge in [0.05, 0.1) is 0 Å². The van der Waals surface area contributed by atoms with Crippen LogP contribution in [0.4, 0.5) is 17.1 Å². The van der Waals surface area contributed by atoms with E-state index in [0.717, 1.165) is 17.1 Å². The van der Waals surface area contributed by atoms with Crippen LogP contribution in [0, 0.1) is 0 Å². The number of fused-ring (bicyclic) bond motifs is 6. The predicted octanol–water partition coefficient (Wildman–Crippen LogP) is 18.7. The summed E-state index contributed by atoms with van der Waals surface area (Å²) in [6.07, 6.45) is 0. The molecule has 0 saturated carbocycles. The molecule has 0 aliphatic heterocycles. The molecule has 0 aromatic heterocycles. The van der Waals surface area contributed by atoms with Crippen molar-refractivity contribution in [3.8, 4) is 44.5 Å². The van der Waals surface area contributed by atoms with Crippen molar-refractivity contribution in [2.24, 2.45) is 0 Å². The molecule has 0 heterocycles. The molecule has 312 valence electrons. The first kappa shape index (κ1) is 38.7. The Morgan fingerprint density at radius 3 is 0.925 bits per heavy atom. The van der Waals surface area contributed by atoms with E-state index in [4.69, 9.17) is 0 Å². The Balaban J connectivity index is 1.05. The summed E-state index contributed by atoms with van der Waals surface area (Å²) in [5.74, 6) is 0. The minimum Gasteiger partial charge on any atom is -0.311 e. The Bertz CT molecular complexity index is 3920. The quantitative estimate of drug-likeness (QED) is 0.144. The minimum atomic E-state index is 1.11. The number of hydrogen-bond donors (Lipinski definition) is 0. The predicted molar refractivity (Wildman–Crippen MR) is 288 cm³/mol. The van der Waals surface area contributed by atoms with Gasteiger partial charge in [-0.3, -0.25) is 0 Å². The van der Waals surface area contributed by atoms with E-state index in [9.17, 15) is 0 Å². The Morgan fingerprint density at radius 2 is 0.478 bits per heavy atom. The zero-order valence-corrected chi connectivity index (χ0v) is 36.8. The Hall–Kier alpha value is -8.78. The van der Waals surface area contributed by atoms with Gasteiger partial charge in [0.25, 0.3) is 0 Å². The summed E-state index contributed by atoms with van der Waals surface area (Å²) in [5.41, 5.74) is 13.2. The Kier molecular flexibility index (Phi) is 9.25. The van der Waals surface area contributed by atoms with Crippen molar-refractivity contribution in [3.05, 3.63) is 261 Å². The van der Waals surface area contributed by atoms with Gasteiger partial charge in [-0.05, 0) is 164 Å². The minimum absolute atomic E-state index is 1.11. The molecule has 0 spiro atoms. The molecule has 0 radical (unpaired) electrons. The van der Waals surface area contributed by atoms with Crippen LogP contribution in [0.2, 0.25) is 0 Å². The highest BCUT2D eigenvalue weighted by molar-refractivity contribution is 6.25. The highest BCUT2D eigenvalue weighted by Gasteiger charge is 2.22. The molecule has 0 amide bonds. The standard InChI is InChI=1S/C66H43N/c1-3-21-52(22-4-1)67(53-23-5-2-6-24-53)54-38-35-46(36-39-54)63-55-25-11-13-27-57(55)65(58-28-14-12-26-56(58)63)51-37-40-61-62(43-51)66(50-34-32-45-18-8-10-20-48(45)42-50)60-30-16-15-29-59(60)64(61)49-33-31-44-17-7-9-19-47(44)41-49/h1-43H. The van der Waals surface area contributed by atoms with E-state index in [2.05, 4.69) is 266 Å². The van der Waals surface area contributed by atoms with Crippen molar-refractivity contribution in [1.29, 1.82) is 0 Å². The van der Waals surface area contributed by atoms with Gasteiger partial charge in [0.1, 0.15) is 0 Å². The van der Waals surface area contributed by atoms with Crippen LogP contribution in [0.15, 0.2) is 261 Å². The molecule has 13 rings (SSSR count). The maximum absolute atomic E-state index is 2.49. The summed E-state index contributed by atoms with van der Waals surface area (Å²) in [6.45, 7) is 0. The van der Waals surface area contributed by atoms with Crippen LogP contribution < -0.4 is 4.90 Å². The third-order valence-electron chi connectivity index (χ3n) is 13.8. The van der Waals surface area contributed by atoms with Crippen molar-refractivity contribution >= 4 is 81.7 Å². The van der Waals surface area contributed by atoms with Gasteiger partial charge in [0.15, 0.2) is 0 Å². The lowest BCUT2D eigenvalue weighted by molar-refractivity contribution is 1.28. The number of benzene rings is 13. The molecule has 0 atom stereocenters. The first-order valence-electron chi connectivity index (χ1n) is 23.2. The zero-order chi connectivity index (χ0) is 44.3. The van der Waals surface area contributed by atoms with Crippen molar-refractivity contribution < 1.29 is 0 Å². The summed E-state index contributed by atoms with van der Waals surface area (Å²) in [4.78, 5) is 2.32. The second-order valence-electron chi connectivity index (χ2n) is 17.6. The molecule has 0 saturated heterocycles. The van der Waals surface area contributed by atoms with Crippen LogP contribution in [0.1, 0.15) is 0 Å². The molecular weight excluding hydrogens is 807 g/mol. The molecule has 1 nitrogen and oxygen atoms in total. The molecule has 1 heteroatoms. The van der Waals surface area contributed by atoms with Crippen LogP contribution >= 0.6 is 0 Å². The van der Waals surface area contributed by atoms with E-state index in [-0.39, 0.29) is 0 Å². The molecule has 13 aromatic carbocycles. The third kappa shape index (κ3) is 6.55. The topological polar surface area (TPSA) is 3.24 Å². The van der Waals surface area contributed by atoms with Gasteiger partial charge in [-0.15, -0.1) is 0 Å². The van der Waals surface area contributed by atoms with Crippen molar-refractivity contribution in [2.45, 2.75) is 0 Å².